The van der Waals surface area contributed by atoms with Crippen LogP contribution in [0.5, 0.6) is 0 Å². The third kappa shape index (κ3) is 4.04. The first kappa shape index (κ1) is 17.1. The SMILES string of the molecule is COCc1nnc(SCc2ccc([N+](=O)[O-])cc2)n1-c1ccccc1. The van der Waals surface area contributed by atoms with E-state index in [9.17, 15) is 10.1 Å². The van der Waals surface area contributed by atoms with Crippen molar-refractivity contribution in [3.63, 3.8) is 0 Å². The Bertz CT molecular complexity index is 850. The van der Waals surface area contributed by atoms with Crippen molar-refractivity contribution in [3.8, 4) is 5.69 Å². The summed E-state index contributed by atoms with van der Waals surface area (Å²) < 4.78 is 7.16. The number of hydrogen-bond donors (Lipinski definition) is 0. The van der Waals surface area contributed by atoms with Crippen LogP contribution in [0, 0.1) is 10.1 Å². The van der Waals surface area contributed by atoms with Gasteiger partial charge in [-0.25, -0.2) is 0 Å². The van der Waals surface area contributed by atoms with Crippen LogP contribution in [-0.2, 0) is 17.1 Å². The van der Waals surface area contributed by atoms with Gasteiger partial charge in [-0.1, -0.05) is 42.1 Å². The minimum absolute atomic E-state index is 0.0867. The molecule has 0 aliphatic rings. The van der Waals surface area contributed by atoms with Gasteiger partial charge in [-0.2, -0.15) is 0 Å². The maximum absolute atomic E-state index is 10.7. The Morgan fingerprint density at radius 3 is 2.48 bits per heavy atom. The van der Waals surface area contributed by atoms with E-state index in [0.29, 0.717) is 12.4 Å². The van der Waals surface area contributed by atoms with Gasteiger partial charge in [0.05, 0.1) is 4.92 Å². The second-order valence-electron chi connectivity index (χ2n) is 5.22. The largest absolute Gasteiger partial charge is 0.377 e. The average Bonchev–Trinajstić information content (AvgIpc) is 3.04. The molecule has 1 heterocycles. The first-order valence-electron chi connectivity index (χ1n) is 7.54. The molecule has 25 heavy (non-hydrogen) atoms. The molecule has 0 saturated heterocycles. The Kier molecular flexibility index (Phi) is 5.42. The average molecular weight is 356 g/mol. The Morgan fingerprint density at radius 2 is 1.84 bits per heavy atom. The normalized spacial score (nSPS) is 10.8. The van der Waals surface area contributed by atoms with E-state index in [4.69, 9.17) is 4.74 Å². The maximum atomic E-state index is 10.7. The van der Waals surface area contributed by atoms with E-state index in [2.05, 4.69) is 10.2 Å². The smallest absolute Gasteiger partial charge is 0.269 e. The van der Waals surface area contributed by atoms with Crippen molar-refractivity contribution in [3.05, 3.63) is 76.1 Å². The van der Waals surface area contributed by atoms with Gasteiger partial charge in [0, 0.05) is 30.7 Å². The van der Waals surface area contributed by atoms with Gasteiger partial charge < -0.3 is 4.74 Å². The number of aromatic nitrogens is 3. The second kappa shape index (κ2) is 7.91. The van der Waals surface area contributed by atoms with Gasteiger partial charge in [0.2, 0.25) is 0 Å². The number of methoxy groups -OCH3 is 1. The van der Waals surface area contributed by atoms with Gasteiger partial charge in [-0.15, -0.1) is 10.2 Å². The summed E-state index contributed by atoms with van der Waals surface area (Å²) in [6, 6.07) is 16.4. The molecule has 3 rings (SSSR count). The Hall–Kier alpha value is -2.71. The number of para-hydroxylation sites is 1. The molecule has 2 aromatic carbocycles. The summed E-state index contributed by atoms with van der Waals surface area (Å²) in [4.78, 5) is 10.3. The fourth-order valence-electron chi connectivity index (χ4n) is 2.31. The van der Waals surface area contributed by atoms with Crippen LogP contribution in [-0.4, -0.2) is 26.8 Å². The molecule has 0 spiro atoms. The summed E-state index contributed by atoms with van der Waals surface area (Å²) in [5, 5.41) is 19.9. The number of nitro groups is 1. The number of hydrogen-bond acceptors (Lipinski definition) is 6. The highest BCUT2D eigenvalue weighted by Crippen LogP contribution is 2.26. The lowest BCUT2D eigenvalue weighted by atomic mass is 10.2. The Morgan fingerprint density at radius 1 is 1.12 bits per heavy atom. The van der Waals surface area contributed by atoms with Crippen LogP contribution < -0.4 is 0 Å². The monoisotopic (exact) mass is 356 g/mol. The molecule has 0 unspecified atom stereocenters. The predicted octanol–water partition coefficient (Wildman–Crippen LogP) is 3.61. The molecule has 0 radical (unpaired) electrons. The fraction of sp³-hybridized carbons (Fsp3) is 0.176. The topological polar surface area (TPSA) is 83.1 Å². The van der Waals surface area contributed by atoms with E-state index in [1.54, 1.807) is 19.2 Å². The van der Waals surface area contributed by atoms with Gasteiger partial charge in [0.15, 0.2) is 11.0 Å². The first-order chi connectivity index (χ1) is 12.2. The number of rotatable bonds is 7. The highest BCUT2D eigenvalue weighted by molar-refractivity contribution is 7.98. The van der Waals surface area contributed by atoms with Crippen molar-refractivity contribution >= 4 is 17.4 Å². The van der Waals surface area contributed by atoms with Gasteiger partial charge in [0.25, 0.3) is 5.69 Å². The molecule has 0 aliphatic carbocycles. The zero-order valence-electron chi connectivity index (χ0n) is 13.5. The molecule has 1 aromatic heterocycles. The predicted molar refractivity (Wildman–Crippen MR) is 94.7 cm³/mol. The van der Waals surface area contributed by atoms with E-state index in [1.165, 1.54) is 23.9 Å². The lowest BCUT2D eigenvalue weighted by Gasteiger charge is -2.09. The molecule has 7 nitrogen and oxygen atoms in total. The number of ether oxygens (including phenoxy) is 1. The summed E-state index contributed by atoms with van der Waals surface area (Å²) in [6.45, 7) is 0.361. The molecular formula is C17H16N4O3S. The molecule has 0 amide bonds. The van der Waals surface area contributed by atoms with Crippen molar-refractivity contribution in [1.82, 2.24) is 14.8 Å². The van der Waals surface area contributed by atoms with E-state index < -0.39 is 4.92 Å². The van der Waals surface area contributed by atoms with Crippen molar-refractivity contribution in [2.45, 2.75) is 17.5 Å². The minimum atomic E-state index is -0.403. The van der Waals surface area contributed by atoms with E-state index in [1.807, 2.05) is 34.9 Å². The van der Waals surface area contributed by atoms with Crippen molar-refractivity contribution in [2.24, 2.45) is 0 Å². The third-order valence-electron chi connectivity index (χ3n) is 3.50. The van der Waals surface area contributed by atoms with E-state index in [0.717, 1.165) is 22.2 Å². The number of nitrogens with zero attached hydrogens (tertiary/aromatic N) is 4. The number of nitro benzene ring substituents is 1. The minimum Gasteiger partial charge on any atom is -0.377 e. The van der Waals surface area contributed by atoms with E-state index >= 15 is 0 Å². The van der Waals surface area contributed by atoms with Crippen LogP contribution in [0.4, 0.5) is 5.69 Å². The van der Waals surface area contributed by atoms with Crippen LogP contribution in [0.2, 0.25) is 0 Å². The highest BCUT2D eigenvalue weighted by atomic mass is 32.2. The molecule has 0 aliphatic heterocycles. The molecule has 0 atom stereocenters. The molecular weight excluding hydrogens is 340 g/mol. The van der Waals surface area contributed by atoms with E-state index in [-0.39, 0.29) is 5.69 Å². The maximum Gasteiger partial charge on any atom is 0.269 e. The summed E-state index contributed by atoms with van der Waals surface area (Å²) >= 11 is 1.52. The quantitative estimate of drug-likeness (QED) is 0.365. The molecule has 8 heteroatoms. The molecule has 3 aromatic rings. The molecule has 0 N–H and O–H groups in total. The molecule has 0 fully saturated rings. The second-order valence-corrected chi connectivity index (χ2v) is 6.16. The summed E-state index contributed by atoms with van der Waals surface area (Å²) in [5.41, 5.74) is 2.03. The lowest BCUT2D eigenvalue weighted by molar-refractivity contribution is -0.384. The Labute approximate surface area is 148 Å². The van der Waals surface area contributed by atoms with Crippen LogP contribution >= 0.6 is 11.8 Å². The standard InChI is InChI=1S/C17H16N4O3S/c1-24-11-16-18-19-17(20(16)14-5-3-2-4-6-14)25-12-13-7-9-15(10-8-13)21(22)23/h2-10H,11-12H2,1H3. The Balaban J connectivity index is 1.81. The lowest BCUT2D eigenvalue weighted by Crippen LogP contribution is -2.03. The van der Waals surface area contributed by atoms with Crippen molar-refractivity contribution in [1.29, 1.82) is 0 Å². The number of benzene rings is 2. The fourth-order valence-corrected chi connectivity index (χ4v) is 3.24. The molecule has 128 valence electrons. The first-order valence-corrected chi connectivity index (χ1v) is 8.52. The number of non-ortho nitro benzene ring substituents is 1. The third-order valence-corrected chi connectivity index (χ3v) is 4.50. The van der Waals surface area contributed by atoms with Gasteiger partial charge in [-0.05, 0) is 17.7 Å². The number of thioether (sulfide) groups is 1. The van der Waals surface area contributed by atoms with Gasteiger partial charge in [0.1, 0.15) is 6.61 Å². The van der Waals surface area contributed by atoms with Gasteiger partial charge in [-0.3, -0.25) is 14.7 Å². The molecule has 0 saturated carbocycles. The van der Waals surface area contributed by atoms with Crippen LogP contribution in [0.15, 0.2) is 59.8 Å². The zero-order valence-corrected chi connectivity index (χ0v) is 14.3. The van der Waals surface area contributed by atoms with Crippen molar-refractivity contribution in [2.75, 3.05) is 7.11 Å². The van der Waals surface area contributed by atoms with Gasteiger partial charge >= 0.3 is 0 Å². The van der Waals surface area contributed by atoms with Crippen molar-refractivity contribution < 1.29 is 9.66 Å². The highest BCUT2D eigenvalue weighted by Gasteiger charge is 2.14. The summed E-state index contributed by atoms with van der Waals surface area (Å²) in [6.07, 6.45) is 0. The zero-order chi connectivity index (χ0) is 17.6. The van der Waals surface area contributed by atoms with Crippen LogP contribution in [0.1, 0.15) is 11.4 Å². The summed E-state index contributed by atoms with van der Waals surface area (Å²) in [5.74, 6) is 1.36. The molecule has 0 bridgehead atoms. The van der Waals surface area contributed by atoms with Crippen LogP contribution in [0.25, 0.3) is 5.69 Å². The summed E-state index contributed by atoms with van der Waals surface area (Å²) in [7, 11) is 1.62. The van der Waals surface area contributed by atoms with Crippen LogP contribution in [0.3, 0.4) is 0 Å².